The second kappa shape index (κ2) is 3.87. The van der Waals surface area contributed by atoms with Gasteiger partial charge in [-0.05, 0) is 25.1 Å². The maximum Gasteiger partial charge on any atom is 0.140 e. The average molecular weight is 255 g/mol. The van der Waals surface area contributed by atoms with E-state index in [4.69, 9.17) is 21.1 Å². The number of halogens is 1. The van der Waals surface area contributed by atoms with E-state index in [1.807, 2.05) is 13.0 Å². The van der Waals surface area contributed by atoms with Crippen LogP contribution in [0.5, 0.6) is 5.75 Å². The third kappa shape index (κ3) is 1.73. The van der Waals surface area contributed by atoms with Gasteiger partial charge in [0, 0.05) is 23.4 Å². The van der Waals surface area contributed by atoms with Gasteiger partial charge in [0.2, 0.25) is 0 Å². The second-order valence-corrected chi connectivity index (χ2v) is 5.27. The highest BCUT2D eigenvalue weighted by Gasteiger charge is 2.48. The molecule has 92 valence electrons. The summed E-state index contributed by atoms with van der Waals surface area (Å²) in [5.74, 6) is 0.727. The highest BCUT2D eigenvalue weighted by Crippen LogP contribution is 2.46. The van der Waals surface area contributed by atoms with E-state index in [1.54, 1.807) is 12.1 Å². The highest BCUT2D eigenvalue weighted by atomic mass is 35.5. The largest absolute Gasteiger partial charge is 0.484 e. The number of ether oxygens (including phenoxy) is 2. The van der Waals surface area contributed by atoms with Gasteiger partial charge in [-0.2, -0.15) is 0 Å². The summed E-state index contributed by atoms with van der Waals surface area (Å²) < 4.78 is 11.6. The lowest BCUT2D eigenvalue weighted by Gasteiger charge is -2.40. The standard InChI is InChI=1S/C13H15ClO3/c1-8-13(4-5-16-8)7-11(15)10-6-9(14)2-3-12(10)17-13/h2-3,6,8,11,15H,4-5,7H2,1H3/t8?,11-,13?/m1/s1. The summed E-state index contributed by atoms with van der Waals surface area (Å²) >= 11 is 5.93. The van der Waals surface area contributed by atoms with E-state index in [-0.39, 0.29) is 11.7 Å². The molecule has 17 heavy (non-hydrogen) atoms. The lowest BCUT2D eigenvalue weighted by Crippen LogP contribution is -2.46. The molecule has 0 bridgehead atoms. The van der Waals surface area contributed by atoms with Crippen LogP contribution in [0, 0.1) is 0 Å². The Kier molecular flexibility index (Phi) is 2.58. The molecule has 1 N–H and O–H groups in total. The molecular formula is C13H15ClO3. The third-order valence-electron chi connectivity index (χ3n) is 3.82. The Balaban J connectivity index is 2.01. The minimum absolute atomic E-state index is 0.0148. The number of benzene rings is 1. The Morgan fingerprint density at radius 3 is 3.00 bits per heavy atom. The van der Waals surface area contributed by atoms with Gasteiger partial charge in [-0.1, -0.05) is 11.6 Å². The number of hydrogen-bond donors (Lipinski definition) is 1. The average Bonchev–Trinajstić information content (AvgIpc) is 2.62. The summed E-state index contributed by atoms with van der Waals surface area (Å²) in [6.45, 7) is 2.69. The normalized spacial score (nSPS) is 35.7. The summed E-state index contributed by atoms with van der Waals surface area (Å²) in [6.07, 6.45) is 0.886. The number of rotatable bonds is 0. The Labute approximate surface area is 105 Å². The molecule has 1 saturated heterocycles. The monoisotopic (exact) mass is 254 g/mol. The molecule has 3 rings (SSSR count). The molecule has 3 atom stereocenters. The van der Waals surface area contributed by atoms with Crippen LogP contribution in [0.1, 0.15) is 31.4 Å². The van der Waals surface area contributed by atoms with Gasteiger partial charge in [-0.25, -0.2) is 0 Å². The van der Waals surface area contributed by atoms with E-state index < -0.39 is 6.10 Å². The first-order valence-electron chi connectivity index (χ1n) is 5.89. The molecule has 1 aromatic carbocycles. The van der Waals surface area contributed by atoms with E-state index in [2.05, 4.69) is 0 Å². The fourth-order valence-corrected chi connectivity index (χ4v) is 2.92. The number of hydrogen-bond acceptors (Lipinski definition) is 3. The topological polar surface area (TPSA) is 38.7 Å². The van der Waals surface area contributed by atoms with Crippen LogP contribution < -0.4 is 4.74 Å². The van der Waals surface area contributed by atoms with Crippen molar-refractivity contribution in [3.63, 3.8) is 0 Å². The molecule has 2 unspecified atom stereocenters. The SMILES string of the molecule is CC1OCCC12C[C@@H](O)c1cc(Cl)ccc1O2. The van der Waals surface area contributed by atoms with Gasteiger partial charge in [0.05, 0.1) is 18.8 Å². The van der Waals surface area contributed by atoms with Crippen molar-refractivity contribution in [1.82, 2.24) is 0 Å². The number of fused-ring (bicyclic) bond motifs is 1. The van der Waals surface area contributed by atoms with E-state index >= 15 is 0 Å². The predicted octanol–water partition coefficient (Wildman–Crippen LogP) is 2.70. The highest BCUT2D eigenvalue weighted by molar-refractivity contribution is 6.30. The van der Waals surface area contributed by atoms with Crippen LogP contribution in [0.4, 0.5) is 0 Å². The summed E-state index contributed by atoms with van der Waals surface area (Å²) in [4.78, 5) is 0. The van der Waals surface area contributed by atoms with Gasteiger partial charge in [0.1, 0.15) is 11.4 Å². The second-order valence-electron chi connectivity index (χ2n) is 4.83. The molecule has 1 spiro atoms. The Morgan fingerprint density at radius 2 is 2.29 bits per heavy atom. The minimum Gasteiger partial charge on any atom is -0.484 e. The maximum absolute atomic E-state index is 10.2. The van der Waals surface area contributed by atoms with Crippen LogP contribution in [-0.4, -0.2) is 23.4 Å². The first-order chi connectivity index (χ1) is 8.11. The summed E-state index contributed by atoms with van der Waals surface area (Å²) in [5.41, 5.74) is 0.405. The molecular weight excluding hydrogens is 240 g/mol. The van der Waals surface area contributed by atoms with Crippen molar-refractivity contribution in [1.29, 1.82) is 0 Å². The quantitative estimate of drug-likeness (QED) is 0.774. The van der Waals surface area contributed by atoms with Gasteiger partial charge < -0.3 is 14.6 Å². The predicted molar refractivity (Wildman–Crippen MR) is 64.4 cm³/mol. The number of aliphatic hydroxyl groups excluding tert-OH is 1. The van der Waals surface area contributed by atoms with Crippen LogP contribution in [0.15, 0.2) is 18.2 Å². The lowest BCUT2D eigenvalue weighted by atomic mass is 9.84. The van der Waals surface area contributed by atoms with E-state index in [0.29, 0.717) is 18.1 Å². The van der Waals surface area contributed by atoms with Crippen LogP contribution in [-0.2, 0) is 4.74 Å². The molecule has 0 radical (unpaired) electrons. The van der Waals surface area contributed by atoms with E-state index in [9.17, 15) is 5.11 Å². The molecule has 0 aliphatic carbocycles. The third-order valence-corrected chi connectivity index (χ3v) is 4.05. The van der Waals surface area contributed by atoms with Crippen molar-refractivity contribution in [3.8, 4) is 5.75 Å². The zero-order valence-corrected chi connectivity index (χ0v) is 10.4. The zero-order chi connectivity index (χ0) is 12.0. The summed E-state index contributed by atoms with van der Waals surface area (Å²) in [7, 11) is 0. The van der Waals surface area contributed by atoms with Crippen LogP contribution in [0.3, 0.4) is 0 Å². The van der Waals surface area contributed by atoms with Crippen molar-refractivity contribution >= 4 is 11.6 Å². The first kappa shape index (κ1) is 11.3. The fourth-order valence-electron chi connectivity index (χ4n) is 2.74. The molecule has 4 heteroatoms. The van der Waals surface area contributed by atoms with Gasteiger partial charge in [-0.15, -0.1) is 0 Å². The van der Waals surface area contributed by atoms with Gasteiger partial charge >= 0.3 is 0 Å². The van der Waals surface area contributed by atoms with Crippen molar-refractivity contribution in [2.24, 2.45) is 0 Å². The first-order valence-corrected chi connectivity index (χ1v) is 6.27. The fraction of sp³-hybridized carbons (Fsp3) is 0.538. The smallest absolute Gasteiger partial charge is 0.140 e. The molecule has 0 saturated carbocycles. The molecule has 2 heterocycles. The Bertz CT molecular complexity index is 448. The van der Waals surface area contributed by atoms with Gasteiger partial charge in [0.25, 0.3) is 0 Å². The molecule has 0 amide bonds. The lowest BCUT2D eigenvalue weighted by molar-refractivity contribution is -0.0565. The Morgan fingerprint density at radius 1 is 1.47 bits per heavy atom. The van der Waals surface area contributed by atoms with Crippen molar-refractivity contribution < 1.29 is 14.6 Å². The molecule has 2 aliphatic rings. The van der Waals surface area contributed by atoms with Gasteiger partial charge in [0.15, 0.2) is 0 Å². The van der Waals surface area contributed by atoms with Crippen LogP contribution in [0.2, 0.25) is 5.02 Å². The van der Waals surface area contributed by atoms with Crippen LogP contribution in [0.25, 0.3) is 0 Å². The van der Waals surface area contributed by atoms with Crippen LogP contribution >= 0.6 is 11.6 Å². The molecule has 2 aliphatic heterocycles. The minimum atomic E-state index is -0.526. The van der Waals surface area contributed by atoms with E-state index in [1.165, 1.54) is 0 Å². The summed E-state index contributed by atoms with van der Waals surface area (Å²) in [5, 5.41) is 10.9. The maximum atomic E-state index is 10.2. The van der Waals surface area contributed by atoms with E-state index in [0.717, 1.165) is 17.7 Å². The molecule has 1 fully saturated rings. The van der Waals surface area contributed by atoms with Crippen molar-refractivity contribution in [3.05, 3.63) is 28.8 Å². The molecule has 0 aromatic heterocycles. The Hall–Kier alpha value is -0.770. The summed E-state index contributed by atoms with van der Waals surface area (Å²) in [6, 6.07) is 5.38. The molecule has 3 nitrogen and oxygen atoms in total. The zero-order valence-electron chi connectivity index (χ0n) is 9.65. The van der Waals surface area contributed by atoms with Crippen molar-refractivity contribution in [2.75, 3.05) is 6.61 Å². The molecule has 1 aromatic rings. The van der Waals surface area contributed by atoms with Crippen molar-refractivity contribution in [2.45, 2.75) is 37.6 Å². The number of aliphatic hydroxyl groups is 1. The van der Waals surface area contributed by atoms with Gasteiger partial charge in [-0.3, -0.25) is 0 Å².